The molecule has 1 aliphatic heterocycles. The minimum Gasteiger partial charge on any atom is -0.475 e. The highest BCUT2D eigenvalue weighted by Crippen LogP contribution is 2.23. The van der Waals surface area contributed by atoms with Gasteiger partial charge < -0.3 is 10.8 Å². The monoisotopic (exact) mass is 354 g/mol. The maximum absolute atomic E-state index is 12.3. The topological polar surface area (TPSA) is 101 Å². The lowest BCUT2D eigenvalue weighted by molar-refractivity contribution is -0.192. The Morgan fingerprint density at radius 2 is 1.70 bits per heavy atom. The Morgan fingerprint density at radius 3 is 2.13 bits per heavy atom. The minimum atomic E-state index is -5.08. The summed E-state index contributed by atoms with van der Waals surface area (Å²) in [5, 5.41) is 7.12. The number of nitrogens with zero attached hydrogens (tertiary/aromatic N) is 1. The average Bonchev–Trinajstić information content (AvgIpc) is 3.01. The van der Waals surface area contributed by atoms with E-state index in [1.165, 1.54) is 0 Å². The lowest BCUT2D eigenvalue weighted by Gasteiger charge is -2.17. The van der Waals surface area contributed by atoms with Crippen LogP contribution in [0.3, 0.4) is 0 Å². The first-order valence-electron chi connectivity index (χ1n) is 6.69. The molecule has 1 aliphatic rings. The summed E-state index contributed by atoms with van der Waals surface area (Å²) >= 11 is 0. The number of hydrogen-bond acceptors (Lipinski definition) is 4. The van der Waals surface area contributed by atoms with Gasteiger partial charge in [-0.15, -0.1) is 0 Å². The van der Waals surface area contributed by atoms with E-state index in [1.807, 2.05) is 6.07 Å². The number of carbonyl (C=O) groups is 1. The number of halogens is 3. The summed E-state index contributed by atoms with van der Waals surface area (Å²) in [4.78, 5) is 9.26. The van der Waals surface area contributed by atoms with Gasteiger partial charge >= 0.3 is 12.1 Å². The summed E-state index contributed by atoms with van der Waals surface area (Å²) < 4.78 is 57.8. The highest BCUT2D eigenvalue weighted by Gasteiger charge is 2.38. The molecule has 3 N–H and O–H groups in total. The van der Waals surface area contributed by atoms with Crippen LogP contribution in [0.25, 0.3) is 0 Å². The molecule has 1 aromatic rings. The van der Waals surface area contributed by atoms with Crippen molar-refractivity contribution in [2.24, 2.45) is 5.73 Å². The molecule has 0 bridgehead atoms. The third-order valence-corrected chi connectivity index (χ3v) is 5.12. The molecule has 2 rings (SSSR count). The molecule has 0 aromatic heterocycles. The van der Waals surface area contributed by atoms with Crippen LogP contribution < -0.4 is 5.73 Å². The number of sulfonamides is 1. The van der Waals surface area contributed by atoms with E-state index in [9.17, 15) is 21.6 Å². The van der Waals surface area contributed by atoms with Crippen molar-refractivity contribution < 1.29 is 31.5 Å². The molecule has 0 saturated carbocycles. The van der Waals surface area contributed by atoms with Gasteiger partial charge in [-0.1, -0.05) is 18.2 Å². The van der Waals surface area contributed by atoms with E-state index in [0.717, 1.165) is 12.8 Å². The van der Waals surface area contributed by atoms with Crippen molar-refractivity contribution in [3.63, 3.8) is 0 Å². The zero-order chi connectivity index (χ0) is 17.7. The van der Waals surface area contributed by atoms with Gasteiger partial charge in [0.15, 0.2) is 0 Å². The van der Waals surface area contributed by atoms with Gasteiger partial charge in [-0.05, 0) is 24.5 Å². The van der Waals surface area contributed by atoms with Crippen molar-refractivity contribution in [3.8, 4) is 0 Å². The maximum atomic E-state index is 12.3. The van der Waals surface area contributed by atoms with Gasteiger partial charge in [-0.2, -0.15) is 17.5 Å². The summed E-state index contributed by atoms with van der Waals surface area (Å²) in [5.74, 6) is -2.76. The summed E-state index contributed by atoms with van der Waals surface area (Å²) in [5.41, 5.74) is 6.25. The minimum absolute atomic E-state index is 0.253. The molecular formula is C13H17F3N2O4S. The molecule has 1 heterocycles. The van der Waals surface area contributed by atoms with Gasteiger partial charge in [0.1, 0.15) is 0 Å². The molecule has 0 unspecified atom stereocenters. The summed E-state index contributed by atoms with van der Waals surface area (Å²) in [7, 11) is -3.33. The number of nitrogens with two attached hydrogens (primary N) is 1. The molecule has 23 heavy (non-hydrogen) atoms. The number of aliphatic carboxylic acids is 1. The number of rotatable bonds is 3. The fourth-order valence-corrected chi connectivity index (χ4v) is 3.74. The Balaban J connectivity index is 0.000000322. The molecule has 1 aromatic carbocycles. The second-order valence-electron chi connectivity index (χ2n) is 4.73. The first kappa shape index (κ1) is 19.4. The lowest BCUT2D eigenvalue weighted by atomic mass is 10.2. The fourth-order valence-electron chi connectivity index (χ4n) is 1.99. The molecule has 130 valence electrons. The first-order valence-corrected chi connectivity index (χ1v) is 8.13. The van der Waals surface area contributed by atoms with Gasteiger partial charge in [0.05, 0.1) is 4.90 Å². The number of hydrogen-bond donors (Lipinski definition) is 2. The van der Waals surface area contributed by atoms with Crippen LogP contribution in [0.4, 0.5) is 13.2 Å². The quantitative estimate of drug-likeness (QED) is 0.858. The zero-order valence-corrected chi connectivity index (χ0v) is 12.9. The fraction of sp³-hybridized carbons (Fsp3) is 0.462. The Labute approximate surface area is 131 Å². The smallest absolute Gasteiger partial charge is 0.475 e. The number of carboxylic acids is 1. The van der Waals surface area contributed by atoms with Gasteiger partial charge in [0.25, 0.3) is 0 Å². The molecule has 0 atom stereocenters. The largest absolute Gasteiger partial charge is 0.490 e. The Kier molecular flexibility index (Phi) is 6.54. The molecule has 1 fully saturated rings. The summed E-state index contributed by atoms with van der Waals surface area (Å²) in [6, 6.07) is 6.95. The molecule has 6 nitrogen and oxygen atoms in total. The SMILES string of the molecule is NCc1ccccc1S(=O)(=O)N1CCCC1.O=C(O)C(F)(F)F. The summed E-state index contributed by atoms with van der Waals surface area (Å²) in [6.07, 6.45) is -3.19. The lowest BCUT2D eigenvalue weighted by Crippen LogP contribution is -2.29. The van der Waals surface area contributed by atoms with E-state index < -0.39 is 22.2 Å². The van der Waals surface area contributed by atoms with Crippen LogP contribution in [-0.2, 0) is 21.4 Å². The van der Waals surface area contributed by atoms with Crippen LogP contribution in [0, 0.1) is 0 Å². The second-order valence-corrected chi connectivity index (χ2v) is 6.63. The van der Waals surface area contributed by atoms with Gasteiger partial charge in [0, 0.05) is 19.6 Å². The van der Waals surface area contributed by atoms with Crippen LogP contribution in [0.2, 0.25) is 0 Å². The van der Waals surface area contributed by atoms with Gasteiger partial charge in [-0.25, -0.2) is 13.2 Å². The van der Waals surface area contributed by atoms with Crippen LogP contribution in [0.15, 0.2) is 29.2 Å². The molecule has 0 radical (unpaired) electrons. The predicted octanol–water partition coefficient (Wildman–Crippen LogP) is 1.56. The highest BCUT2D eigenvalue weighted by molar-refractivity contribution is 7.89. The third-order valence-electron chi connectivity index (χ3n) is 3.12. The van der Waals surface area contributed by atoms with E-state index in [-0.39, 0.29) is 6.54 Å². The van der Waals surface area contributed by atoms with E-state index in [4.69, 9.17) is 15.6 Å². The van der Waals surface area contributed by atoms with Gasteiger partial charge in [-0.3, -0.25) is 0 Å². The van der Waals surface area contributed by atoms with Crippen molar-refractivity contribution >= 4 is 16.0 Å². The molecule has 0 amide bonds. The van der Waals surface area contributed by atoms with Crippen LogP contribution in [0.5, 0.6) is 0 Å². The number of benzene rings is 1. The first-order chi connectivity index (χ1) is 10.6. The van der Waals surface area contributed by atoms with Crippen molar-refractivity contribution in [2.45, 2.75) is 30.5 Å². The van der Waals surface area contributed by atoms with Gasteiger partial charge in [0.2, 0.25) is 10.0 Å². The van der Waals surface area contributed by atoms with Crippen molar-refractivity contribution in [1.29, 1.82) is 0 Å². The third kappa shape index (κ3) is 5.19. The standard InChI is InChI=1S/C11H16N2O2S.C2HF3O2/c12-9-10-5-1-2-6-11(10)16(14,15)13-7-3-4-8-13;3-2(4,5)1(6)7/h1-2,5-6H,3-4,7-9,12H2;(H,6,7). The Bertz CT molecular complexity index is 641. The molecule has 0 spiro atoms. The van der Waals surface area contributed by atoms with Crippen LogP contribution >= 0.6 is 0 Å². The van der Waals surface area contributed by atoms with E-state index in [2.05, 4.69) is 0 Å². The molecular weight excluding hydrogens is 337 g/mol. The number of alkyl halides is 3. The van der Waals surface area contributed by atoms with Crippen LogP contribution in [-0.4, -0.2) is 43.1 Å². The van der Waals surface area contributed by atoms with Crippen molar-refractivity contribution in [3.05, 3.63) is 29.8 Å². The average molecular weight is 354 g/mol. The zero-order valence-electron chi connectivity index (χ0n) is 12.1. The highest BCUT2D eigenvalue weighted by atomic mass is 32.2. The maximum Gasteiger partial charge on any atom is 0.490 e. The van der Waals surface area contributed by atoms with E-state index >= 15 is 0 Å². The second kappa shape index (κ2) is 7.75. The molecule has 1 saturated heterocycles. The number of carboxylic acid groups (broad SMARTS) is 1. The van der Waals surface area contributed by atoms with E-state index in [0.29, 0.717) is 23.5 Å². The Morgan fingerprint density at radius 1 is 1.22 bits per heavy atom. The van der Waals surface area contributed by atoms with E-state index in [1.54, 1.807) is 22.5 Å². The molecule has 10 heteroatoms. The normalized spacial score (nSPS) is 15.8. The van der Waals surface area contributed by atoms with Crippen molar-refractivity contribution in [2.75, 3.05) is 13.1 Å². The molecule has 0 aliphatic carbocycles. The Hall–Kier alpha value is -1.65. The van der Waals surface area contributed by atoms with Crippen LogP contribution in [0.1, 0.15) is 18.4 Å². The predicted molar refractivity (Wildman–Crippen MR) is 76.0 cm³/mol. The summed E-state index contributed by atoms with van der Waals surface area (Å²) in [6.45, 7) is 1.51. The van der Waals surface area contributed by atoms with Crippen molar-refractivity contribution in [1.82, 2.24) is 4.31 Å².